The quantitative estimate of drug-likeness (QED) is 0.497. The van der Waals surface area contributed by atoms with Gasteiger partial charge in [0.2, 0.25) is 21.8 Å². The molecule has 7 nitrogen and oxygen atoms in total. The van der Waals surface area contributed by atoms with Crippen molar-refractivity contribution in [3.05, 3.63) is 64.7 Å². The van der Waals surface area contributed by atoms with Gasteiger partial charge in [-0.05, 0) is 64.8 Å². The molecule has 192 valence electrons. The average Bonchev–Trinajstić information content (AvgIpc) is 2.74. The minimum absolute atomic E-state index is 0.0788. The van der Waals surface area contributed by atoms with Gasteiger partial charge in [0.1, 0.15) is 6.04 Å². The number of halogens is 1. The van der Waals surface area contributed by atoms with Crippen LogP contribution in [0.1, 0.15) is 51.7 Å². The van der Waals surface area contributed by atoms with E-state index in [0.717, 1.165) is 17.4 Å². The van der Waals surface area contributed by atoms with Gasteiger partial charge in [-0.1, -0.05) is 47.5 Å². The van der Waals surface area contributed by atoms with Crippen LogP contribution in [0.4, 0.5) is 5.69 Å². The Bertz CT molecular complexity index is 1130. The molecule has 2 amide bonds. The summed E-state index contributed by atoms with van der Waals surface area (Å²) in [5, 5.41) is 3.43. The number of benzene rings is 2. The summed E-state index contributed by atoms with van der Waals surface area (Å²) in [6, 6.07) is 13.7. The molecule has 0 saturated heterocycles. The summed E-state index contributed by atoms with van der Waals surface area (Å²) in [7, 11) is -3.53. The van der Waals surface area contributed by atoms with Crippen molar-refractivity contribution in [2.24, 2.45) is 0 Å². The Morgan fingerprint density at radius 3 is 2.20 bits per heavy atom. The molecule has 0 aliphatic heterocycles. The van der Waals surface area contributed by atoms with E-state index < -0.39 is 21.6 Å². The van der Waals surface area contributed by atoms with Gasteiger partial charge in [-0.15, -0.1) is 0 Å². The van der Waals surface area contributed by atoms with E-state index in [1.807, 2.05) is 52.0 Å². The van der Waals surface area contributed by atoms with Crippen molar-refractivity contribution in [2.75, 3.05) is 17.1 Å². The summed E-state index contributed by atoms with van der Waals surface area (Å²) < 4.78 is 26.1. The first-order valence-electron chi connectivity index (χ1n) is 11.6. The highest BCUT2D eigenvalue weighted by Crippen LogP contribution is 2.22. The predicted octanol–water partition coefficient (Wildman–Crippen LogP) is 4.53. The summed E-state index contributed by atoms with van der Waals surface area (Å²) in [4.78, 5) is 27.7. The topological polar surface area (TPSA) is 86.8 Å². The zero-order chi connectivity index (χ0) is 26.4. The Morgan fingerprint density at radius 2 is 1.66 bits per heavy atom. The maximum Gasteiger partial charge on any atom is 0.242 e. The molecule has 0 bridgehead atoms. The molecule has 9 heteroatoms. The Kier molecular flexibility index (Phi) is 9.75. The molecule has 0 saturated carbocycles. The number of carbonyl (C=O) groups is 2. The van der Waals surface area contributed by atoms with Crippen LogP contribution >= 0.6 is 11.6 Å². The van der Waals surface area contributed by atoms with Crippen LogP contribution in [-0.2, 0) is 26.2 Å². The molecular formula is C26H36ClN3O4S. The van der Waals surface area contributed by atoms with Crippen molar-refractivity contribution in [1.82, 2.24) is 10.2 Å². The summed E-state index contributed by atoms with van der Waals surface area (Å²) >= 11 is 6.33. The van der Waals surface area contributed by atoms with Crippen LogP contribution in [0.2, 0.25) is 5.02 Å². The summed E-state index contributed by atoms with van der Waals surface area (Å²) in [5.74, 6) is -0.519. The van der Waals surface area contributed by atoms with Crippen LogP contribution in [0.25, 0.3) is 0 Å². The molecule has 2 aromatic carbocycles. The number of aryl methyl sites for hydroxylation is 1. The van der Waals surface area contributed by atoms with Crippen LogP contribution in [0.5, 0.6) is 0 Å². The molecule has 35 heavy (non-hydrogen) atoms. The smallest absolute Gasteiger partial charge is 0.242 e. The molecule has 0 radical (unpaired) electrons. The Hall–Kier alpha value is -2.58. The number of hydrogen-bond donors (Lipinski definition) is 1. The molecule has 0 unspecified atom stereocenters. The van der Waals surface area contributed by atoms with Crippen LogP contribution in [0, 0.1) is 6.92 Å². The first-order chi connectivity index (χ1) is 16.2. The first kappa shape index (κ1) is 28.7. The molecule has 1 N–H and O–H groups in total. The first-order valence-corrected chi connectivity index (χ1v) is 13.8. The summed E-state index contributed by atoms with van der Waals surface area (Å²) in [6.07, 6.45) is 1.53. The van der Waals surface area contributed by atoms with Crippen molar-refractivity contribution >= 4 is 39.1 Å². The van der Waals surface area contributed by atoms with E-state index in [1.165, 1.54) is 9.21 Å². The number of rotatable bonds is 10. The standard InChI is InChI=1S/C26H36ClN3O4S/c1-19-13-15-22(16-14-19)30(35(6,33)34)17-9-12-24(31)29(18-21-10-7-8-11-23(21)27)20(2)25(32)28-26(3,4)5/h7-8,10-11,13-16,20H,9,12,17-18H2,1-6H3,(H,28,32)/t20-/m1/s1. The van der Waals surface area contributed by atoms with Crippen LogP contribution in [0.3, 0.4) is 0 Å². The maximum absolute atomic E-state index is 13.3. The second-order valence-corrected chi connectivity index (χ2v) is 12.1. The van der Waals surface area contributed by atoms with Gasteiger partial charge in [0, 0.05) is 30.1 Å². The lowest BCUT2D eigenvalue weighted by molar-refractivity contribution is -0.141. The number of anilines is 1. The van der Waals surface area contributed by atoms with Gasteiger partial charge < -0.3 is 10.2 Å². The number of carbonyl (C=O) groups excluding carboxylic acids is 2. The number of hydrogen-bond acceptors (Lipinski definition) is 4. The molecule has 1 atom stereocenters. The van der Waals surface area contributed by atoms with E-state index in [0.29, 0.717) is 17.1 Å². The predicted molar refractivity (Wildman–Crippen MR) is 142 cm³/mol. The normalized spacial score (nSPS) is 12.7. The summed E-state index contributed by atoms with van der Waals surface area (Å²) in [6.45, 7) is 9.57. The van der Waals surface area contributed by atoms with Gasteiger partial charge in [0.15, 0.2) is 0 Å². The number of nitrogens with zero attached hydrogens (tertiary/aromatic N) is 2. The maximum atomic E-state index is 13.3. The number of nitrogens with one attached hydrogen (secondary N) is 1. The molecule has 0 aliphatic carbocycles. The van der Waals surface area contributed by atoms with E-state index in [2.05, 4.69) is 5.32 Å². The molecule has 0 aromatic heterocycles. The zero-order valence-electron chi connectivity index (χ0n) is 21.3. The number of sulfonamides is 1. The van der Waals surface area contributed by atoms with Gasteiger partial charge in [0.25, 0.3) is 0 Å². The zero-order valence-corrected chi connectivity index (χ0v) is 22.9. The highest BCUT2D eigenvalue weighted by Gasteiger charge is 2.29. The third-order valence-corrected chi connectivity index (χ3v) is 7.00. The second-order valence-electron chi connectivity index (χ2n) is 9.80. The second kappa shape index (κ2) is 11.9. The van der Waals surface area contributed by atoms with Gasteiger partial charge >= 0.3 is 0 Å². The van der Waals surface area contributed by atoms with E-state index >= 15 is 0 Å². The Morgan fingerprint density at radius 1 is 1.06 bits per heavy atom. The summed E-state index contributed by atoms with van der Waals surface area (Å²) in [5.41, 5.74) is 1.86. The Balaban J connectivity index is 2.19. The lowest BCUT2D eigenvalue weighted by atomic mass is 10.1. The lowest BCUT2D eigenvalue weighted by Crippen LogP contribution is -2.52. The molecule has 2 rings (SSSR count). The molecule has 0 heterocycles. The molecule has 0 aliphatic rings. The lowest BCUT2D eigenvalue weighted by Gasteiger charge is -2.32. The van der Waals surface area contributed by atoms with Crippen molar-refractivity contribution in [3.63, 3.8) is 0 Å². The fraction of sp³-hybridized carbons (Fsp3) is 0.462. The van der Waals surface area contributed by atoms with Gasteiger partial charge in [0.05, 0.1) is 11.9 Å². The van der Waals surface area contributed by atoms with Crippen LogP contribution < -0.4 is 9.62 Å². The average molecular weight is 522 g/mol. The van der Waals surface area contributed by atoms with Crippen molar-refractivity contribution < 1.29 is 18.0 Å². The minimum atomic E-state index is -3.53. The van der Waals surface area contributed by atoms with Crippen molar-refractivity contribution in [2.45, 2.75) is 65.6 Å². The largest absolute Gasteiger partial charge is 0.350 e. The van der Waals surface area contributed by atoms with Crippen molar-refractivity contribution in [1.29, 1.82) is 0 Å². The van der Waals surface area contributed by atoms with E-state index in [-0.39, 0.29) is 31.3 Å². The molecule has 2 aromatic rings. The fourth-order valence-electron chi connectivity index (χ4n) is 3.58. The van der Waals surface area contributed by atoms with E-state index in [4.69, 9.17) is 11.6 Å². The fourth-order valence-corrected chi connectivity index (χ4v) is 4.74. The molecule has 0 fully saturated rings. The van der Waals surface area contributed by atoms with Gasteiger partial charge in [-0.2, -0.15) is 0 Å². The Labute approximate surface area is 214 Å². The van der Waals surface area contributed by atoms with Gasteiger partial charge in [-0.25, -0.2) is 8.42 Å². The SMILES string of the molecule is Cc1ccc(N(CCCC(=O)N(Cc2ccccc2Cl)[C@H](C)C(=O)NC(C)(C)C)S(C)(=O)=O)cc1. The van der Waals surface area contributed by atoms with E-state index in [1.54, 1.807) is 31.2 Å². The third-order valence-electron chi connectivity index (χ3n) is 5.44. The highest BCUT2D eigenvalue weighted by atomic mass is 35.5. The monoisotopic (exact) mass is 521 g/mol. The highest BCUT2D eigenvalue weighted by molar-refractivity contribution is 7.92. The molecule has 0 spiro atoms. The van der Waals surface area contributed by atoms with Crippen LogP contribution in [0.15, 0.2) is 48.5 Å². The minimum Gasteiger partial charge on any atom is -0.350 e. The van der Waals surface area contributed by atoms with E-state index in [9.17, 15) is 18.0 Å². The number of amides is 2. The third kappa shape index (κ3) is 8.85. The van der Waals surface area contributed by atoms with Crippen LogP contribution in [-0.4, -0.2) is 49.5 Å². The van der Waals surface area contributed by atoms with Crippen molar-refractivity contribution in [3.8, 4) is 0 Å². The van der Waals surface area contributed by atoms with Gasteiger partial charge in [-0.3, -0.25) is 13.9 Å². The molecular weight excluding hydrogens is 486 g/mol.